The topological polar surface area (TPSA) is 38.2 Å². The van der Waals surface area contributed by atoms with Crippen LogP contribution in [0.5, 0.6) is 5.88 Å². The number of aromatic nitrogens is 2. The number of methoxy groups -OCH3 is 1. The fourth-order valence-electron chi connectivity index (χ4n) is 1.92. The predicted octanol–water partition coefficient (Wildman–Crippen LogP) is 4.27. The second-order valence-corrected chi connectivity index (χ2v) is 5.56. The summed E-state index contributed by atoms with van der Waals surface area (Å²) in [6, 6.07) is 7.53. The molecule has 2 rings (SSSR count). The lowest BCUT2D eigenvalue weighted by Crippen LogP contribution is -2.20. The lowest BCUT2D eigenvalue weighted by Gasteiger charge is -2.22. The molecule has 2 aromatic rings. The van der Waals surface area contributed by atoms with Gasteiger partial charge in [0, 0.05) is 22.0 Å². The van der Waals surface area contributed by atoms with Crippen LogP contribution in [-0.2, 0) is 6.18 Å². The van der Waals surface area contributed by atoms with Gasteiger partial charge in [0.2, 0.25) is 11.8 Å². The molecule has 0 bridgehead atoms. The Morgan fingerprint density at radius 3 is 2.59 bits per heavy atom. The summed E-state index contributed by atoms with van der Waals surface area (Å²) in [5.41, 5.74) is -0.186. The van der Waals surface area contributed by atoms with E-state index in [4.69, 9.17) is 4.74 Å². The lowest BCUT2D eigenvalue weighted by molar-refractivity contribution is -0.139. The number of hydrogen-bond donors (Lipinski definition) is 0. The number of ether oxygens (including phenoxy) is 1. The minimum atomic E-state index is -4.55. The highest BCUT2D eigenvalue weighted by atomic mass is 127. The van der Waals surface area contributed by atoms with Crippen LogP contribution in [0.2, 0.25) is 0 Å². The van der Waals surface area contributed by atoms with Gasteiger partial charge in [0.1, 0.15) is 5.56 Å². The quantitative estimate of drug-likeness (QED) is 0.689. The van der Waals surface area contributed by atoms with Gasteiger partial charge in [0.25, 0.3) is 0 Å². The molecule has 1 heterocycles. The van der Waals surface area contributed by atoms with Gasteiger partial charge in [0.05, 0.1) is 7.11 Å². The van der Waals surface area contributed by atoms with Crippen molar-refractivity contribution in [3.8, 4) is 5.88 Å². The van der Waals surface area contributed by atoms with Crippen LogP contribution in [0.3, 0.4) is 0 Å². The monoisotopic (exact) mass is 423 g/mol. The second-order valence-electron chi connectivity index (χ2n) is 4.31. The maximum absolute atomic E-state index is 12.9. The smallest absolute Gasteiger partial charge is 0.423 e. The Morgan fingerprint density at radius 2 is 2.05 bits per heavy atom. The average molecular weight is 423 g/mol. The van der Waals surface area contributed by atoms with Crippen LogP contribution in [0.4, 0.5) is 24.8 Å². The zero-order chi connectivity index (χ0) is 16.3. The van der Waals surface area contributed by atoms with Gasteiger partial charge in [-0.15, -0.1) is 0 Å². The fraction of sp³-hybridized carbons (Fsp3) is 0.286. The first kappa shape index (κ1) is 16.8. The van der Waals surface area contributed by atoms with Gasteiger partial charge in [-0.2, -0.15) is 18.2 Å². The SMILES string of the molecule is CCN(c1cccc(I)c1)c1ncc(C(F)(F)F)c(OC)n1. The molecule has 1 aromatic carbocycles. The van der Waals surface area contributed by atoms with Crippen molar-refractivity contribution in [1.29, 1.82) is 0 Å². The molecule has 4 nitrogen and oxygen atoms in total. The predicted molar refractivity (Wildman–Crippen MR) is 85.4 cm³/mol. The summed E-state index contributed by atoms with van der Waals surface area (Å²) in [6.07, 6.45) is -3.80. The molecule has 0 aliphatic heterocycles. The van der Waals surface area contributed by atoms with E-state index in [2.05, 4.69) is 32.6 Å². The summed E-state index contributed by atoms with van der Waals surface area (Å²) in [5, 5.41) is 0. The molecule has 0 atom stereocenters. The molecule has 0 saturated carbocycles. The molecule has 118 valence electrons. The zero-order valence-electron chi connectivity index (χ0n) is 11.9. The van der Waals surface area contributed by atoms with E-state index < -0.39 is 17.6 Å². The summed E-state index contributed by atoms with van der Waals surface area (Å²) in [6.45, 7) is 2.38. The van der Waals surface area contributed by atoms with E-state index >= 15 is 0 Å². The third kappa shape index (κ3) is 3.60. The Labute approximate surface area is 139 Å². The van der Waals surface area contributed by atoms with Crippen LogP contribution in [0.1, 0.15) is 12.5 Å². The molecule has 0 radical (unpaired) electrons. The molecule has 0 N–H and O–H groups in total. The van der Waals surface area contributed by atoms with Crippen molar-refractivity contribution >= 4 is 34.2 Å². The Bertz CT molecular complexity index is 664. The van der Waals surface area contributed by atoms with Crippen LogP contribution in [0.25, 0.3) is 0 Å². The fourth-order valence-corrected chi connectivity index (χ4v) is 2.45. The van der Waals surface area contributed by atoms with Crippen molar-refractivity contribution in [3.63, 3.8) is 0 Å². The van der Waals surface area contributed by atoms with Crippen molar-refractivity contribution in [2.75, 3.05) is 18.6 Å². The van der Waals surface area contributed by atoms with E-state index in [-0.39, 0.29) is 5.95 Å². The number of halogens is 4. The van der Waals surface area contributed by atoms with Crippen LogP contribution >= 0.6 is 22.6 Å². The van der Waals surface area contributed by atoms with Gasteiger partial charge in [-0.25, -0.2) is 4.98 Å². The Kier molecular flexibility index (Phi) is 5.09. The summed E-state index contributed by atoms with van der Waals surface area (Å²) >= 11 is 2.16. The first-order valence-corrected chi connectivity index (χ1v) is 7.46. The first-order chi connectivity index (χ1) is 10.4. The Morgan fingerprint density at radius 1 is 1.32 bits per heavy atom. The molecular weight excluding hydrogens is 410 g/mol. The average Bonchev–Trinajstić information content (AvgIpc) is 2.47. The number of alkyl halides is 3. The summed E-state index contributed by atoms with van der Waals surface area (Å²) in [7, 11) is 1.16. The lowest BCUT2D eigenvalue weighted by atomic mass is 10.3. The summed E-state index contributed by atoms with van der Waals surface area (Å²) in [5.74, 6) is -0.323. The molecule has 0 aliphatic carbocycles. The zero-order valence-corrected chi connectivity index (χ0v) is 14.0. The molecule has 0 spiro atoms. The first-order valence-electron chi connectivity index (χ1n) is 6.38. The van der Waals surface area contributed by atoms with E-state index in [0.29, 0.717) is 6.54 Å². The maximum Gasteiger partial charge on any atom is 0.423 e. The van der Waals surface area contributed by atoms with Crippen LogP contribution in [0.15, 0.2) is 30.5 Å². The van der Waals surface area contributed by atoms with Crippen molar-refractivity contribution in [3.05, 3.63) is 39.6 Å². The normalized spacial score (nSPS) is 11.4. The molecule has 22 heavy (non-hydrogen) atoms. The van der Waals surface area contributed by atoms with E-state index in [1.807, 2.05) is 31.2 Å². The molecule has 8 heteroatoms. The number of benzene rings is 1. The highest BCUT2D eigenvalue weighted by molar-refractivity contribution is 14.1. The van der Waals surface area contributed by atoms with E-state index in [1.165, 1.54) is 0 Å². The van der Waals surface area contributed by atoms with Gasteiger partial charge >= 0.3 is 6.18 Å². The van der Waals surface area contributed by atoms with E-state index in [9.17, 15) is 13.2 Å². The number of nitrogens with zero attached hydrogens (tertiary/aromatic N) is 3. The van der Waals surface area contributed by atoms with Crippen molar-refractivity contribution in [2.24, 2.45) is 0 Å². The largest absolute Gasteiger partial charge is 0.480 e. The number of anilines is 2. The Hall–Kier alpha value is -1.58. The van der Waals surface area contributed by atoms with Gasteiger partial charge < -0.3 is 9.64 Å². The molecule has 0 aliphatic rings. The van der Waals surface area contributed by atoms with Gasteiger partial charge in [0.15, 0.2) is 0 Å². The van der Waals surface area contributed by atoms with E-state index in [0.717, 1.165) is 22.6 Å². The summed E-state index contributed by atoms with van der Waals surface area (Å²) < 4.78 is 44.3. The van der Waals surface area contributed by atoms with Crippen LogP contribution in [-0.4, -0.2) is 23.6 Å². The third-order valence-electron chi connectivity index (χ3n) is 2.92. The number of rotatable bonds is 4. The molecule has 0 fully saturated rings. The molecule has 0 saturated heterocycles. The van der Waals surface area contributed by atoms with Crippen molar-refractivity contribution in [2.45, 2.75) is 13.1 Å². The molecule has 0 amide bonds. The van der Waals surface area contributed by atoms with Gasteiger partial charge in [-0.05, 0) is 47.7 Å². The number of hydrogen-bond acceptors (Lipinski definition) is 4. The molecule has 1 aromatic heterocycles. The highest BCUT2D eigenvalue weighted by Crippen LogP contribution is 2.36. The van der Waals surface area contributed by atoms with Crippen LogP contribution < -0.4 is 9.64 Å². The summed E-state index contributed by atoms with van der Waals surface area (Å²) in [4.78, 5) is 9.46. The second kappa shape index (κ2) is 6.67. The van der Waals surface area contributed by atoms with Gasteiger partial charge in [-0.3, -0.25) is 0 Å². The molecule has 0 unspecified atom stereocenters. The van der Waals surface area contributed by atoms with Crippen LogP contribution in [0, 0.1) is 3.57 Å². The highest BCUT2D eigenvalue weighted by Gasteiger charge is 2.36. The third-order valence-corrected chi connectivity index (χ3v) is 3.59. The van der Waals surface area contributed by atoms with E-state index in [1.54, 1.807) is 4.90 Å². The minimum Gasteiger partial charge on any atom is -0.480 e. The van der Waals surface area contributed by atoms with Gasteiger partial charge in [-0.1, -0.05) is 6.07 Å². The van der Waals surface area contributed by atoms with Crippen molar-refractivity contribution in [1.82, 2.24) is 9.97 Å². The molecular formula is C14H13F3IN3O. The Balaban J connectivity index is 2.47. The standard InChI is InChI=1S/C14H13F3IN3O/c1-3-21(10-6-4-5-9(18)7-10)13-19-8-11(14(15,16)17)12(20-13)22-2/h4-8H,3H2,1-2H3. The van der Waals surface area contributed by atoms with Crippen molar-refractivity contribution < 1.29 is 17.9 Å². The maximum atomic E-state index is 12.9. The minimum absolute atomic E-state index is 0.161.